The molecule has 0 fully saturated rings. The summed E-state index contributed by atoms with van der Waals surface area (Å²) >= 11 is 6.16. The van der Waals surface area contributed by atoms with Gasteiger partial charge >= 0.3 is 0 Å². The fourth-order valence-electron chi connectivity index (χ4n) is 2.57. The average Bonchev–Trinajstić information content (AvgIpc) is 3.11. The van der Waals surface area contributed by atoms with Crippen molar-refractivity contribution in [2.45, 2.75) is 12.6 Å². The van der Waals surface area contributed by atoms with E-state index in [4.69, 9.17) is 20.8 Å². The van der Waals surface area contributed by atoms with Crippen LogP contribution in [0.5, 0.6) is 5.75 Å². The number of aliphatic hydroxyl groups excluding tert-OH is 1. The molecule has 3 aromatic rings. The summed E-state index contributed by atoms with van der Waals surface area (Å²) in [6.07, 6.45) is -0.545. The van der Waals surface area contributed by atoms with Crippen LogP contribution in [0.15, 0.2) is 65.1 Å². The van der Waals surface area contributed by atoms with Crippen molar-refractivity contribution < 1.29 is 14.3 Å². The number of ether oxygens (including phenoxy) is 1. The summed E-state index contributed by atoms with van der Waals surface area (Å²) in [5.74, 6) is 2.17. The summed E-state index contributed by atoms with van der Waals surface area (Å²) in [6.45, 7) is 0.988. The molecule has 0 saturated carbocycles. The summed E-state index contributed by atoms with van der Waals surface area (Å²) in [6, 6.07) is 18.9. The largest absolute Gasteiger partial charge is 0.495 e. The Labute approximate surface area is 152 Å². The SMILES string of the molecule is COc1ccc(-c2ccc(CNC[C@@H](O)c3ccccc3)o2)cc1Cl. The van der Waals surface area contributed by atoms with Crippen LogP contribution in [0.2, 0.25) is 5.02 Å². The van der Waals surface area contributed by atoms with E-state index >= 15 is 0 Å². The number of furan rings is 1. The third-order valence-electron chi connectivity index (χ3n) is 3.92. The minimum absolute atomic E-state index is 0.453. The van der Waals surface area contributed by atoms with Crippen LogP contribution < -0.4 is 10.1 Å². The zero-order chi connectivity index (χ0) is 17.6. The number of rotatable bonds is 7. The highest BCUT2D eigenvalue weighted by Crippen LogP contribution is 2.31. The number of nitrogens with one attached hydrogen (secondary N) is 1. The van der Waals surface area contributed by atoms with Crippen LogP contribution in [0.3, 0.4) is 0 Å². The molecule has 0 amide bonds. The van der Waals surface area contributed by atoms with Gasteiger partial charge in [0.25, 0.3) is 0 Å². The molecule has 4 nitrogen and oxygen atoms in total. The van der Waals surface area contributed by atoms with Crippen LogP contribution in [0.4, 0.5) is 0 Å². The molecule has 1 aromatic heterocycles. The second-order valence-corrected chi connectivity index (χ2v) is 6.08. The predicted molar refractivity (Wildman–Crippen MR) is 98.8 cm³/mol. The van der Waals surface area contributed by atoms with E-state index in [1.807, 2.05) is 60.7 Å². The highest BCUT2D eigenvalue weighted by molar-refractivity contribution is 6.32. The van der Waals surface area contributed by atoms with E-state index < -0.39 is 6.10 Å². The van der Waals surface area contributed by atoms with E-state index in [1.54, 1.807) is 7.11 Å². The van der Waals surface area contributed by atoms with Gasteiger partial charge in [0.05, 0.1) is 24.8 Å². The number of hydrogen-bond donors (Lipinski definition) is 2. The van der Waals surface area contributed by atoms with Crippen molar-refractivity contribution in [2.75, 3.05) is 13.7 Å². The van der Waals surface area contributed by atoms with Crippen LogP contribution in [0.25, 0.3) is 11.3 Å². The second kappa shape index (κ2) is 8.21. The van der Waals surface area contributed by atoms with Gasteiger partial charge in [-0.25, -0.2) is 0 Å². The smallest absolute Gasteiger partial charge is 0.137 e. The maximum atomic E-state index is 10.1. The van der Waals surface area contributed by atoms with Gasteiger partial charge < -0.3 is 19.6 Å². The lowest BCUT2D eigenvalue weighted by atomic mass is 10.1. The predicted octanol–water partition coefficient (Wildman–Crippen LogP) is 4.43. The maximum absolute atomic E-state index is 10.1. The number of hydrogen-bond acceptors (Lipinski definition) is 4. The molecule has 2 N–H and O–H groups in total. The normalized spacial score (nSPS) is 12.1. The van der Waals surface area contributed by atoms with Gasteiger partial charge in [0, 0.05) is 12.1 Å². The van der Waals surface area contributed by atoms with Crippen molar-refractivity contribution in [3.8, 4) is 17.1 Å². The minimum atomic E-state index is -0.545. The fourth-order valence-corrected chi connectivity index (χ4v) is 2.83. The molecule has 130 valence electrons. The molecule has 1 heterocycles. The molecule has 0 spiro atoms. The molecule has 0 radical (unpaired) electrons. The zero-order valence-electron chi connectivity index (χ0n) is 13.9. The summed E-state index contributed by atoms with van der Waals surface area (Å²) in [7, 11) is 1.58. The molecular weight excluding hydrogens is 338 g/mol. The van der Waals surface area contributed by atoms with E-state index in [2.05, 4.69) is 5.32 Å². The molecule has 5 heteroatoms. The van der Waals surface area contributed by atoms with Crippen molar-refractivity contribution in [3.63, 3.8) is 0 Å². The van der Waals surface area contributed by atoms with Crippen LogP contribution >= 0.6 is 11.6 Å². The topological polar surface area (TPSA) is 54.6 Å². The Kier molecular flexibility index (Phi) is 5.76. The Hall–Kier alpha value is -2.27. The first kappa shape index (κ1) is 17.5. The summed E-state index contributed by atoms with van der Waals surface area (Å²) in [5.41, 5.74) is 1.78. The quantitative estimate of drug-likeness (QED) is 0.656. The first-order valence-electron chi connectivity index (χ1n) is 8.03. The van der Waals surface area contributed by atoms with Gasteiger partial charge in [-0.15, -0.1) is 0 Å². The van der Waals surface area contributed by atoms with Gasteiger partial charge in [-0.2, -0.15) is 0 Å². The molecule has 0 saturated heterocycles. The molecule has 0 aliphatic carbocycles. The lowest BCUT2D eigenvalue weighted by Gasteiger charge is -2.11. The van der Waals surface area contributed by atoms with E-state index in [0.717, 1.165) is 22.6 Å². The summed E-state index contributed by atoms with van der Waals surface area (Å²) < 4.78 is 11.0. The number of methoxy groups -OCH3 is 1. The van der Waals surface area contributed by atoms with Gasteiger partial charge in [0.2, 0.25) is 0 Å². The Bertz CT molecular complexity index is 817. The third-order valence-corrected chi connectivity index (χ3v) is 4.21. The second-order valence-electron chi connectivity index (χ2n) is 5.67. The van der Waals surface area contributed by atoms with Gasteiger partial charge in [-0.3, -0.25) is 0 Å². The third kappa shape index (κ3) is 4.42. The summed E-state index contributed by atoms with van der Waals surface area (Å²) in [5, 5.41) is 13.9. The van der Waals surface area contributed by atoms with Gasteiger partial charge in [0.1, 0.15) is 17.3 Å². The fraction of sp³-hybridized carbons (Fsp3) is 0.200. The van der Waals surface area contributed by atoms with Gasteiger partial charge in [-0.1, -0.05) is 41.9 Å². The van der Waals surface area contributed by atoms with E-state index in [1.165, 1.54) is 0 Å². The van der Waals surface area contributed by atoms with Crippen molar-refractivity contribution in [1.82, 2.24) is 5.32 Å². The van der Waals surface area contributed by atoms with Crippen LogP contribution in [0, 0.1) is 0 Å². The average molecular weight is 358 g/mol. The molecule has 0 aliphatic heterocycles. The van der Waals surface area contributed by atoms with Crippen molar-refractivity contribution in [3.05, 3.63) is 77.0 Å². The Balaban J connectivity index is 1.58. The van der Waals surface area contributed by atoms with Crippen LogP contribution in [0.1, 0.15) is 17.4 Å². The molecule has 0 aliphatic rings. The van der Waals surface area contributed by atoms with Gasteiger partial charge in [0.15, 0.2) is 0 Å². The van der Waals surface area contributed by atoms with Crippen molar-refractivity contribution in [1.29, 1.82) is 0 Å². The first-order valence-corrected chi connectivity index (χ1v) is 8.41. The molecular formula is C20H20ClNO3. The monoisotopic (exact) mass is 357 g/mol. The molecule has 25 heavy (non-hydrogen) atoms. The molecule has 0 bridgehead atoms. The Morgan fingerprint density at radius 1 is 1.12 bits per heavy atom. The number of benzene rings is 2. The van der Waals surface area contributed by atoms with E-state index in [-0.39, 0.29) is 0 Å². The molecule has 0 unspecified atom stereocenters. The lowest BCUT2D eigenvalue weighted by Crippen LogP contribution is -2.20. The molecule has 2 aromatic carbocycles. The Morgan fingerprint density at radius 2 is 1.92 bits per heavy atom. The lowest BCUT2D eigenvalue weighted by molar-refractivity contribution is 0.173. The number of aliphatic hydroxyl groups is 1. The van der Waals surface area contributed by atoms with Crippen LogP contribution in [-0.2, 0) is 6.54 Å². The van der Waals surface area contributed by atoms with E-state index in [9.17, 15) is 5.11 Å². The maximum Gasteiger partial charge on any atom is 0.137 e. The Morgan fingerprint density at radius 3 is 2.64 bits per heavy atom. The molecule has 3 rings (SSSR count). The standard InChI is InChI=1S/C20H20ClNO3/c1-24-20-9-7-15(11-17(20)21)19-10-8-16(25-19)12-22-13-18(23)14-5-3-2-4-6-14/h2-11,18,22-23H,12-13H2,1H3/t18-/m1/s1. The first-order chi connectivity index (χ1) is 12.2. The summed E-state index contributed by atoms with van der Waals surface area (Å²) in [4.78, 5) is 0. The molecule has 1 atom stereocenters. The van der Waals surface area contributed by atoms with Crippen molar-refractivity contribution in [2.24, 2.45) is 0 Å². The zero-order valence-corrected chi connectivity index (χ0v) is 14.7. The number of halogens is 1. The van der Waals surface area contributed by atoms with Crippen LogP contribution in [-0.4, -0.2) is 18.8 Å². The van der Waals surface area contributed by atoms with E-state index in [0.29, 0.717) is 23.9 Å². The minimum Gasteiger partial charge on any atom is -0.495 e. The highest BCUT2D eigenvalue weighted by atomic mass is 35.5. The van der Waals surface area contributed by atoms with Gasteiger partial charge in [-0.05, 0) is 35.9 Å². The van der Waals surface area contributed by atoms with Crippen molar-refractivity contribution >= 4 is 11.6 Å². The highest BCUT2D eigenvalue weighted by Gasteiger charge is 2.10.